The van der Waals surface area contributed by atoms with E-state index in [1.165, 1.54) is 5.57 Å². The number of ether oxygens (including phenoxy) is 2. The SMILES string of the molecule is CNc1nc(N)c(Cl)nc1C(=O)NCC[N+](C)(C)CCCCCNC(=O)CCC1=CC(OC)=C(OC)CC1. The zero-order valence-electron chi connectivity index (χ0n) is 23.3. The summed E-state index contributed by atoms with van der Waals surface area (Å²) < 4.78 is 11.5. The van der Waals surface area contributed by atoms with Crippen molar-refractivity contribution in [3.8, 4) is 0 Å². The van der Waals surface area contributed by atoms with Crippen LogP contribution in [0.1, 0.15) is 55.4 Å². The monoisotopic (exact) mass is 552 g/mol. The number of halogens is 1. The molecule has 0 aliphatic heterocycles. The second-order valence-corrected chi connectivity index (χ2v) is 10.3. The molecule has 38 heavy (non-hydrogen) atoms. The van der Waals surface area contributed by atoms with Gasteiger partial charge >= 0.3 is 0 Å². The number of nitrogens with two attached hydrogens (primary N) is 1. The molecule has 5 N–H and O–H groups in total. The van der Waals surface area contributed by atoms with Gasteiger partial charge in [0.2, 0.25) is 5.91 Å². The average molecular weight is 553 g/mol. The first-order chi connectivity index (χ1) is 18.1. The number of likely N-dealkylation sites (N-methyl/N-ethyl adjacent to an activating group) is 1. The standard InChI is InChI=1S/C26H42ClN7O4/c1-29-25-22(32-23(27)24(28)33-25)26(36)31-14-16-34(2,3)15-8-6-7-13-30-21(35)12-10-18-9-11-19(37-4)20(17-18)38-5/h17H,6-16H2,1-5H3,(H4-,28,29,30,31,33,35,36)/p+1. The molecule has 0 fully saturated rings. The maximum absolute atomic E-state index is 12.5. The van der Waals surface area contributed by atoms with Gasteiger partial charge in [-0.15, -0.1) is 0 Å². The third-order valence-corrected chi connectivity index (χ3v) is 6.80. The van der Waals surface area contributed by atoms with E-state index in [0.29, 0.717) is 19.5 Å². The number of rotatable bonds is 16. The van der Waals surface area contributed by atoms with Gasteiger partial charge in [0.25, 0.3) is 5.91 Å². The molecular formula is C26H43ClN7O4+. The number of hydrogen-bond donors (Lipinski definition) is 4. The molecule has 1 aliphatic carbocycles. The Morgan fingerprint density at radius 1 is 1.05 bits per heavy atom. The zero-order valence-corrected chi connectivity index (χ0v) is 24.0. The van der Waals surface area contributed by atoms with Gasteiger partial charge in [0.05, 0.1) is 47.9 Å². The van der Waals surface area contributed by atoms with Crippen molar-refractivity contribution in [3.05, 3.63) is 34.0 Å². The number of unbranched alkanes of at least 4 members (excludes halogenated alkanes) is 2. The molecular weight excluding hydrogens is 510 g/mol. The Bertz CT molecular complexity index is 1030. The van der Waals surface area contributed by atoms with Gasteiger partial charge in [-0.1, -0.05) is 17.2 Å². The van der Waals surface area contributed by atoms with E-state index in [1.54, 1.807) is 21.3 Å². The van der Waals surface area contributed by atoms with Crippen LogP contribution in [0.4, 0.5) is 11.6 Å². The van der Waals surface area contributed by atoms with Gasteiger partial charge in [-0.05, 0) is 38.2 Å². The lowest BCUT2D eigenvalue weighted by Gasteiger charge is -2.30. The number of anilines is 2. The molecule has 12 heteroatoms. The van der Waals surface area contributed by atoms with Crippen molar-refractivity contribution in [2.45, 2.75) is 44.9 Å². The minimum absolute atomic E-state index is 0.00204. The Hall–Kier alpha value is -3.05. The zero-order chi connectivity index (χ0) is 28.1. The molecule has 0 atom stereocenters. The molecule has 0 saturated carbocycles. The minimum atomic E-state index is -0.352. The number of nitrogen functional groups attached to an aromatic ring is 1. The van der Waals surface area contributed by atoms with E-state index in [2.05, 4.69) is 40.0 Å². The van der Waals surface area contributed by atoms with Gasteiger partial charge in [0, 0.05) is 26.4 Å². The van der Waals surface area contributed by atoms with E-state index in [1.807, 2.05) is 6.08 Å². The molecule has 0 saturated heterocycles. The molecule has 0 unspecified atom stereocenters. The summed E-state index contributed by atoms with van der Waals surface area (Å²) in [5.74, 6) is 1.69. The van der Waals surface area contributed by atoms with Crippen molar-refractivity contribution in [2.24, 2.45) is 0 Å². The largest absolute Gasteiger partial charge is 0.497 e. The number of carbonyl (C=O) groups is 2. The smallest absolute Gasteiger partial charge is 0.274 e. The summed E-state index contributed by atoms with van der Waals surface area (Å²) in [7, 11) is 9.19. The number of nitrogens with zero attached hydrogens (tertiary/aromatic N) is 3. The van der Waals surface area contributed by atoms with Crippen molar-refractivity contribution in [1.29, 1.82) is 0 Å². The lowest BCUT2D eigenvalue weighted by Crippen LogP contribution is -2.46. The molecule has 11 nitrogen and oxygen atoms in total. The van der Waals surface area contributed by atoms with Gasteiger partial charge in [-0.3, -0.25) is 9.59 Å². The number of amides is 2. The van der Waals surface area contributed by atoms with Crippen LogP contribution in [-0.2, 0) is 14.3 Å². The lowest BCUT2D eigenvalue weighted by molar-refractivity contribution is -0.889. The normalized spacial score (nSPS) is 13.6. The minimum Gasteiger partial charge on any atom is -0.497 e. The number of aromatic nitrogens is 2. The van der Waals surface area contributed by atoms with E-state index in [-0.39, 0.29) is 34.3 Å². The summed E-state index contributed by atoms with van der Waals surface area (Å²) >= 11 is 5.93. The van der Waals surface area contributed by atoms with Crippen LogP contribution in [0.2, 0.25) is 5.15 Å². The quantitative estimate of drug-likeness (QED) is 0.181. The predicted octanol–water partition coefficient (Wildman–Crippen LogP) is 2.85. The van der Waals surface area contributed by atoms with Crippen LogP contribution in [0, 0.1) is 0 Å². The predicted molar refractivity (Wildman–Crippen MR) is 150 cm³/mol. The Morgan fingerprint density at radius 2 is 1.82 bits per heavy atom. The van der Waals surface area contributed by atoms with E-state index < -0.39 is 0 Å². The highest BCUT2D eigenvalue weighted by atomic mass is 35.5. The highest BCUT2D eigenvalue weighted by Gasteiger charge is 2.20. The van der Waals surface area contributed by atoms with Gasteiger partial charge in [-0.2, -0.15) is 0 Å². The fourth-order valence-electron chi connectivity index (χ4n) is 4.17. The van der Waals surface area contributed by atoms with Crippen LogP contribution in [-0.4, -0.2) is 87.8 Å². The number of hydrogen-bond acceptors (Lipinski definition) is 8. The maximum atomic E-state index is 12.5. The van der Waals surface area contributed by atoms with Crippen molar-refractivity contribution in [1.82, 2.24) is 20.6 Å². The number of allylic oxidation sites excluding steroid dienone is 3. The fraction of sp³-hybridized carbons (Fsp3) is 0.615. The van der Waals surface area contributed by atoms with Gasteiger partial charge in [-0.25, -0.2) is 9.97 Å². The van der Waals surface area contributed by atoms with Crippen LogP contribution in [0.15, 0.2) is 23.2 Å². The van der Waals surface area contributed by atoms with Crippen molar-refractivity contribution in [2.75, 3.05) is 72.6 Å². The second kappa shape index (κ2) is 15.4. The highest BCUT2D eigenvalue weighted by molar-refractivity contribution is 6.31. The maximum Gasteiger partial charge on any atom is 0.274 e. The Morgan fingerprint density at radius 3 is 2.50 bits per heavy atom. The Labute approximate surface area is 230 Å². The van der Waals surface area contributed by atoms with E-state index in [0.717, 1.165) is 67.6 Å². The molecule has 2 amide bonds. The van der Waals surface area contributed by atoms with Crippen molar-refractivity contribution >= 4 is 35.1 Å². The third kappa shape index (κ3) is 10.0. The molecule has 1 heterocycles. The van der Waals surface area contributed by atoms with Crippen LogP contribution >= 0.6 is 11.6 Å². The first-order valence-corrected chi connectivity index (χ1v) is 13.4. The van der Waals surface area contributed by atoms with E-state index in [9.17, 15) is 9.59 Å². The third-order valence-electron chi connectivity index (χ3n) is 6.52. The molecule has 1 aromatic heterocycles. The summed E-state index contributed by atoms with van der Waals surface area (Å²) in [6, 6.07) is 0. The lowest BCUT2D eigenvalue weighted by atomic mass is 9.98. The summed E-state index contributed by atoms with van der Waals surface area (Å²) in [5.41, 5.74) is 6.99. The molecule has 0 bridgehead atoms. The van der Waals surface area contributed by atoms with Crippen molar-refractivity contribution in [3.63, 3.8) is 0 Å². The van der Waals surface area contributed by atoms with Gasteiger partial charge < -0.3 is 35.6 Å². The molecule has 2 rings (SSSR count). The molecule has 1 aliphatic rings. The fourth-order valence-corrected chi connectivity index (χ4v) is 4.29. The van der Waals surface area contributed by atoms with Crippen LogP contribution < -0.4 is 21.7 Å². The topological polar surface area (TPSA) is 140 Å². The number of methoxy groups -OCH3 is 2. The van der Waals surface area contributed by atoms with E-state index >= 15 is 0 Å². The van der Waals surface area contributed by atoms with Crippen molar-refractivity contribution < 1.29 is 23.5 Å². The molecule has 212 valence electrons. The first-order valence-electron chi connectivity index (χ1n) is 13.0. The van der Waals surface area contributed by atoms with Crippen LogP contribution in [0.3, 0.4) is 0 Å². The average Bonchev–Trinajstić information content (AvgIpc) is 2.90. The summed E-state index contributed by atoms with van der Waals surface area (Å²) in [4.78, 5) is 32.9. The number of nitrogens with one attached hydrogen (secondary N) is 3. The van der Waals surface area contributed by atoms with Gasteiger partial charge in [0.1, 0.15) is 5.76 Å². The molecule has 0 spiro atoms. The highest BCUT2D eigenvalue weighted by Crippen LogP contribution is 2.27. The van der Waals surface area contributed by atoms with E-state index in [4.69, 9.17) is 26.8 Å². The summed E-state index contributed by atoms with van der Waals surface area (Å²) in [6.45, 7) is 2.89. The molecule has 1 aromatic rings. The summed E-state index contributed by atoms with van der Waals surface area (Å²) in [5, 5.41) is 8.72. The molecule has 0 aromatic carbocycles. The number of carbonyl (C=O) groups excluding carboxylic acids is 2. The van der Waals surface area contributed by atoms with Crippen LogP contribution in [0.5, 0.6) is 0 Å². The summed E-state index contributed by atoms with van der Waals surface area (Å²) in [6.07, 6.45) is 7.87. The number of quaternary nitrogens is 1. The second-order valence-electron chi connectivity index (χ2n) is 9.89. The van der Waals surface area contributed by atoms with Crippen LogP contribution in [0.25, 0.3) is 0 Å². The Kier molecular flexibility index (Phi) is 12.6. The molecule has 0 radical (unpaired) electrons. The van der Waals surface area contributed by atoms with Gasteiger partial charge in [0.15, 0.2) is 28.2 Å². The first kappa shape index (κ1) is 31.2. The Balaban J connectivity index is 1.60.